The van der Waals surface area contributed by atoms with E-state index in [-0.39, 0.29) is 12.5 Å². The molecule has 0 saturated carbocycles. The number of benzene rings is 1. The minimum Gasteiger partial charge on any atom is -0.465 e. The number of rotatable bonds is 5. The van der Waals surface area contributed by atoms with Crippen molar-refractivity contribution in [2.75, 3.05) is 25.0 Å². The number of ether oxygens (including phenoxy) is 1. The molecule has 0 atom stereocenters. The lowest BCUT2D eigenvalue weighted by molar-refractivity contribution is -0.142. The quantitative estimate of drug-likeness (QED) is 0.779. The first-order valence-electron chi connectivity index (χ1n) is 6.52. The molecule has 4 heteroatoms. The molecule has 4 nitrogen and oxygen atoms in total. The van der Waals surface area contributed by atoms with E-state index in [1.807, 2.05) is 6.92 Å². The minimum absolute atomic E-state index is 0.199. The van der Waals surface area contributed by atoms with E-state index < -0.39 is 0 Å². The number of hydrogen-bond donors (Lipinski definition) is 2. The summed E-state index contributed by atoms with van der Waals surface area (Å²) in [5.74, 6) is -0.199. The number of fused-ring (bicyclic) bond motifs is 1. The van der Waals surface area contributed by atoms with Gasteiger partial charge in [0.25, 0.3) is 0 Å². The van der Waals surface area contributed by atoms with Gasteiger partial charge in [0.2, 0.25) is 0 Å². The van der Waals surface area contributed by atoms with Gasteiger partial charge in [-0.15, -0.1) is 0 Å². The molecular weight excluding hydrogens is 228 g/mol. The van der Waals surface area contributed by atoms with Crippen LogP contribution in [-0.4, -0.2) is 25.7 Å². The average Bonchev–Trinajstić information content (AvgIpc) is 2.39. The number of para-hydroxylation sites is 1. The van der Waals surface area contributed by atoms with Crippen LogP contribution < -0.4 is 10.6 Å². The normalized spacial score (nSPS) is 13.6. The first-order chi connectivity index (χ1) is 8.81. The van der Waals surface area contributed by atoms with Crippen LogP contribution in [-0.2, 0) is 22.5 Å². The van der Waals surface area contributed by atoms with Crippen molar-refractivity contribution in [2.24, 2.45) is 0 Å². The van der Waals surface area contributed by atoms with Crippen LogP contribution in [0.5, 0.6) is 0 Å². The lowest BCUT2D eigenvalue weighted by atomic mass is 9.99. The SMILES string of the molecule is CCOC(=O)CNCc1cccc2c1NCCC2. The van der Waals surface area contributed by atoms with Gasteiger partial charge < -0.3 is 15.4 Å². The molecule has 0 spiro atoms. The van der Waals surface area contributed by atoms with Crippen LogP contribution in [0, 0.1) is 0 Å². The summed E-state index contributed by atoms with van der Waals surface area (Å²) in [5.41, 5.74) is 3.83. The van der Waals surface area contributed by atoms with E-state index in [1.165, 1.54) is 23.2 Å². The predicted molar refractivity (Wildman–Crippen MR) is 71.6 cm³/mol. The molecule has 98 valence electrons. The van der Waals surface area contributed by atoms with Gasteiger partial charge >= 0.3 is 5.97 Å². The van der Waals surface area contributed by atoms with Crippen LogP contribution in [0.2, 0.25) is 0 Å². The summed E-state index contributed by atoms with van der Waals surface area (Å²) in [6, 6.07) is 6.33. The minimum atomic E-state index is -0.199. The van der Waals surface area contributed by atoms with Gasteiger partial charge in [-0.2, -0.15) is 0 Å². The van der Waals surface area contributed by atoms with E-state index in [1.54, 1.807) is 0 Å². The second kappa shape index (κ2) is 6.40. The van der Waals surface area contributed by atoms with E-state index in [4.69, 9.17) is 4.74 Å². The summed E-state index contributed by atoms with van der Waals surface area (Å²) in [6.07, 6.45) is 2.32. The third kappa shape index (κ3) is 3.23. The molecule has 0 aliphatic carbocycles. The van der Waals surface area contributed by atoms with Crippen LogP contribution in [0.3, 0.4) is 0 Å². The van der Waals surface area contributed by atoms with Crippen LogP contribution in [0.1, 0.15) is 24.5 Å². The number of esters is 1. The molecule has 18 heavy (non-hydrogen) atoms. The largest absolute Gasteiger partial charge is 0.465 e. The summed E-state index contributed by atoms with van der Waals surface area (Å²) in [6.45, 7) is 4.23. The maximum Gasteiger partial charge on any atom is 0.319 e. The van der Waals surface area contributed by atoms with Crippen LogP contribution >= 0.6 is 0 Å². The molecule has 0 bridgehead atoms. The molecule has 0 radical (unpaired) electrons. The first kappa shape index (κ1) is 12.9. The smallest absolute Gasteiger partial charge is 0.319 e. The molecule has 2 N–H and O–H groups in total. The Balaban J connectivity index is 1.91. The predicted octanol–water partition coefficient (Wildman–Crippen LogP) is 1.70. The van der Waals surface area contributed by atoms with Crippen LogP contribution in [0.15, 0.2) is 18.2 Å². The van der Waals surface area contributed by atoms with Crippen molar-refractivity contribution in [1.29, 1.82) is 0 Å². The van der Waals surface area contributed by atoms with Gasteiger partial charge in [0.15, 0.2) is 0 Å². The highest BCUT2D eigenvalue weighted by Crippen LogP contribution is 2.25. The zero-order chi connectivity index (χ0) is 12.8. The van der Waals surface area contributed by atoms with E-state index in [9.17, 15) is 4.79 Å². The Morgan fingerprint density at radius 1 is 1.50 bits per heavy atom. The lowest BCUT2D eigenvalue weighted by Gasteiger charge is -2.21. The van der Waals surface area contributed by atoms with Gasteiger partial charge in [-0.3, -0.25) is 4.79 Å². The average molecular weight is 248 g/mol. The highest BCUT2D eigenvalue weighted by atomic mass is 16.5. The molecule has 1 aromatic carbocycles. The second-order valence-electron chi connectivity index (χ2n) is 4.39. The summed E-state index contributed by atoms with van der Waals surface area (Å²) in [7, 11) is 0. The molecule has 1 heterocycles. The van der Waals surface area contributed by atoms with E-state index >= 15 is 0 Å². The summed E-state index contributed by atoms with van der Waals surface area (Å²) < 4.78 is 4.88. The Morgan fingerprint density at radius 3 is 3.22 bits per heavy atom. The van der Waals surface area contributed by atoms with Crippen LogP contribution in [0.25, 0.3) is 0 Å². The lowest BCUT2D eigenvalue weighted by Crippen LogP contribution is -2.25. The Morgan fingerprint density at radius 2 is 2.39 bits per heavy atom. The number of nitrogens with one attached hydrogen (secondary N) is 2. The highest BCUT2D eigenvalue weighted by Gasteiger charge is 2.12. The fourth-order valence-electron chi connectivity index (χ4n) is 2.24. The van der Waals surface area contributed by atoms with Crippen molar-refractivity contribution in [3.63, 3.8) is 0 Å². The molecular formula is C14H20N2O2. The van der Waals surface area contributed by atoms with Crippen LogP contribution in [0.4, 0.5) is 5.69 Å². The number of carbonyl (C=O) groups excluding carboxylic acids is 1. The van der Waals surface area contributed by atoms with Gasteiger partial charge in [0.05, 0.1) is 13.2 Å². The fraction of sp³-hybridized carbons (Fsp3) is 0.500. The van der Waals surface area contributed by atoms with Crippen molar-refractivity contribution in [1.82, 2.24) is 5.32 Å². The number of hydrogen-bond acceptors (Lipinski definition) is 4. The Labute approximate surface area is 108 Å². The Bertz CT molecular complexity index is 418. The molecule has 0 saturated heterocycles. The second-order valence-corrected chi connectivity index (χ2v) is 4.39. The summed E-state index contributed by atoms with van der Waals surface area (Å²) in [4.78, 5) is 11.2. The molecule has 0 unspecified atom stereocenters. The van der Waals surface area contributed by atoms with Crippen molar-refractivity contribution < 1.29 is 9.53 Å². The van der Waals surface area contributed by atoms with Gasteiger partial charge in [0, 0.05) is 18.8 Å². The third-order valence-corrected chi connectivity index (χ3v) is 3.05. The highest BCUT2D eigenvalue weighted by molar-refractivity contribution is 5.71. The van der Waals surface area contributed by atoms with Gasteiger partial charge in [-0.05, 0) is 30.9 Å². The van der Waals surface area contributed by atoms with Gasteiger partial charge in [0.1, 0.15) is 0 Å². The van der Waals surface area contributed by atoms with E-state index in [0.717, 1.165) is 13.0 Å². The van der Waals surface area contributed by atoms with E-state index in [2.05, 4.69) is 28.8 Å². The Kier molecular flexibility index (Phi) is 4.59. The monoisotopic (exact) mass is 248 g/mol. The third-order valence-electron chi connectivity index (χ3n) is 3.05. The first-order valence-corrected chi connectivity index (χ1v) is 6.52. The molecule has 1 aromatic rings. The summed E-state index contributed by atoms with van der Waals surface area (Å²) >= 11 is 0. The van der Waals surface area contributed by atoms with Crippen molar-refractivity contribution in [3.05, 3.63) is 29.3 Å². The zero-order valence-electron chi connectivity index (χ0n) is 10.8. The van der Waals surface area contributed by atoms with Gasteiger partial charge in [-0.1, -0.05) is 18.2 Å². The standard InChI is InChI=1S/C14H20N2O2/c1-2-18-13(17)10-15-9-12-6-3-5-11-7-4-8-16-14(11)12/h3,5-6,15-16H,2,4,7-10H2,1H3. The van der Waals surface area contributed by atoms with Crippen molar-refractivity contribution in [3.8, 4) is 0 Å². The topological polar surface area (TPSA) is 50.4 Å². The maximum atomic E-state index is 11.2. The van der Waals surface area contributed by atoms with E-state index in [0.29, 0.717) is 13.2 Å². The maximum absolute atomic E-state index is 11.2. The molecule has 1 aliphatic rings. The summed E-state index contributed by atoms with van der Waals surface area (Å²) in [5, 5.41) is 6.56. The number of anilines is 1. The molecule has 0 amide bonds. The van der Waals surface area contributed by atoms with Gasteiger partial charge in [-0.25, -0.2) is 0 Å². The number of aryl methyl sites for hydroxylation is 1. The Hall–Kier alpha value is -1.55. The zero-order valence-corrected chi connectivity index (χ0v) is 10.8. The molecule has 0 aromatic heterocycles. The molecule has 0 fully saturated rings. The molecule has 1 aliphatic heterocycles. The van der Waals surface area contributed by atoms with Crippen molar-refractivity contribution in [2.45, 2.75) is 26.3 Å². The molecule has 2 rings (SSSR count). The van der Waals surface area contributed by atoms with Crippen molar-refractivity contribution >= 4 is 11.7 Å². The number of carbonyl (C=O) groups is 1. The fourth-order valence-corrected chi connectivity index (χ4v) is 2.24.